The summed E-state index contributed by atoms with van der Waals surface area (Å²) in [5.41, 5.74) is 1.18. The van der Waals surface area contributed by atoms with Gasteiger partial charge in [0.25, 0.3) is 12.3 Å². The van der Waals surface area contributed by atoms with Gasteiger partial charge in [-0.05, 0) is 18.2 Å². The van der Waals surface area contributed by atoms with Gasteiger partial charge in [0, 0.05) is 24.9 Å². The van der Waals surface area contributed by atoms with E-state index < -0.39 is 35.6 Å². The summed E-state index contributed by atoms with van der Waals surface area (Å²) < 4.78 is 46.9. The zero-order valence-corrected chi connectivity index (χ0v) is 14.7. The van der Waals surface area contributed by atoms with E-state index in [9.17, 15) is 18.0 Å². The summed E-state index contributed by atoms with van der Waals surface area (Å²) in [6.07, 6.45) is 1.36. The summed E-state index contributed by atoms with van der Waals surface area (Å²) in [6, 6.07) is 3.52. The second-order valence-corrected chi connectivity index (χ2v) is 6.54. The van der Waals surface area contributed by atoms with Gasteiger partial charge in [0.2, 0.25) is 5.76 Å². The van der Waals surface area contributed by atoms with E-state index in [0.29, 0.717) is 17.8 Å². The number of fused-ring (bicyclic) bond motifs is 2. The zero-order chi connectivity index (χ0) is 20.1. The van der Waals surface area contributed by atoms with Crippen molar-refractivity contribution in [1.82, 2.24) is 29.5 Å². The number of nitrogens with one attached hydrogen (secondary N) is 1. The molecule has 1 N–H and O–H groups in total. The van der Waals surface area contributed by atoms with Crippen LogP contribution in [0, 0.1) is 5.82 Å². The molecule has 0 fully saturated rings. The molecule has 0 saturated carbocycles. The number of aromatic amines is 1. The lowest BCUT2D eigenvalue weighted by Gasteiger charge is -2.33. The monoisotopic (exact) mass is 402 g/mol. The maximum atomic E-state index is 14.2. The van der Waals surface area contributed by atoms with Crippen molar-refractivity contribution in [3.8, 4) is 0 Å². The van der Waals surface area contributed by atoms with Gasteiger partial charge in [0.05, 0.1) is 17.7 Å². The Labute approximate surface area is 161 Å². The average Bonchev–Trinajstić information content (AvgIpc) is 3.44. The van der Waals surface area contributed by atoms with Crippen LogP contribution in [-0.4, -0.2) is 41.9 Å². The number of oxazole rings is 1. The molecule has 0 spiro atoms. The van der Waals surface area contributed by atoms with Crippen LogP contribution in [0.25, 0.3) is 5.52 Å². The minimum absolute atomic E-state index is 0.207. The number of carbonyl (C=O) groups is 1. The van der Waals surface area contributed by atoms with Crippen LogP contribution >= 0.6 is 0 Å². The molecule has 148 valence electrons. The first-order valence-corrected chi connectivity index (χ1v) is 8.73. The minimum Gasteiger partial charge on any atom is -0.438 e. The van der Waals surface area contributed by atoms with Crippen LogP contribution in [0.4, 0.5) is 13.2 Å². The Morgan fingerprint density at radius 2 is 2.21 bits per heavy atom. The highest BCUT2D eigenvalue weighted by Crippen LogP contribution is 2.35. The number of pyridine rings is 1. The van der Waals surface area contributed by atoms with Gasteiger partial charge in [-0.3, -0.25) is 4.79 Å². The number of hydrogen-bond donors (Lipinski definition) is 1. The lowest BCUT2D eigenvalue weighted by Crippen LogP contribution is -2.41. The quantitative estimate of drug-likeness (QED) is 0.569. The third-order valence-corrected chi connectivity index (χ3v) is 4.93. The van der Waals surface area contributed by atoms with Gasteiger partial charge < -0.3 is 14.3 Å². The molecule has 29 heavy (non-hydrogen) atoms. The molecule has 0 saturated heterocycles. The highest BCUT2D eigenvalue weighted by molar-refractivity contribution is 5.93. The number of H-pyrrole nitrogens is 1. The zero-order valence-electron chi connectivity index (χ0n) is 14.7. The first kappa shape index (κ1) is 17.5. The van der Waals surface area contributed by atoms with Crippen molar-refractivity contribution >= 4 is 11.4 Å². The number of aromatic nitrogens is 5. The van der Waals surface area contributed by atoms with Crippen molar-refractivity contribution in [2.45, 2.75) is 18.9 Å². The van der Waals surface area contributed by atoms with Gasteiger partial charge in [0.1, 0.15) is 17.4 Å². The van der Waals surface area contributed by atoms with E-state index in [1.807, 2.05) is 0 Å². The van der Waals surface area contributed by atoms with Crippen LogP contribution in [0.5, 0.6) is 0 Å². The Kier molecular flexibility index (Phi) is 3.89. The maximum Gasteiger partial charge on any atom is 0.292 e. The molecule has 11 heteroatoms. The molecule has 5 rings (SSSR count). The maximum absolute atomic E-state index is 14.2. The van der Waals surface area contributed by atoms with Gasteiger partial charge in [-0.2, -0.15) is 5.10 Å². The Balaban J connectivity index is 1.63. The van der Waals surface area contributed by atoms with Crippen LogP contribution in [0.3, 0.4) is 0 Å². The molecule has 0 aromatic carbocycles. The summed E-state index contributed by atoms with van der Waals surface area (Å²) in [4.78, 5) is 25.2. The predicted molar refractivity (Wildman–Crippen MR) is 91.8 cm³/mol. The van der Waals surface area contributed by atoms with Crippen molar-refractivity contribution in [2.24, 2.45) is 0 Å². The molecule has 1 atom stereocenters. The SMILES string of the molecule is O=C(c1ocnc1C(F)F)N1CCc2[nH]cnc2[C@H]1c1cc2c(F)cccn2n1. The van der Waals surface area contributed by atoms with E-state index in [-0.39, 0.29) is 12.1 Å². The Morgan fingerprint density at radius 1 is 1.34 bits per heavy atom. The van der Waals surface area contributed by atoms with E-state index in [1.54, 1.807) is 6.20 Å². The van der Waals surface area contributed by atoms with E-state index in [1.165, 1.54) is 33.9 Å². The summed E-state index contributed by atoms with van der Waals surface area (Å²) in [5, 5.41) is 4.38. The molecule has 8 nitrogen and oxygen atoms in total. The Bertz CT molecular complexity index is 1210. The van der Waals surface area contributed by atoms with Crippen LogP contribution in [0.2, 0.25) is 0 Å². The van der Waals surface area contributed by atoms with E-state index >= 15 is 0 Å². The van der Waals surface area contributed by atoms with Crippen LogP contribution in [-0.2, 0) is 6.42 Å². The molecule has 0 unspecified atom stereocenters. The fourth-order valence-corrected chi connectivity index (χ4v) is 3.63. The molecule has 0 bridgehead atoms. The van der Waals surface area contributed by atoms with Crippen LogP contribution in [0.15, 0.2) is 41.5 Å². The number of alkyl halides is 2. The van der Waals surface area contributed by atoms with E-state index in [2.05, 4.69) is 20.1 Å². The molecule has 1 aliphatic heterocycles. The van der Waals surface area contributed by atoms with Gasteiger partial charge in [0.15, 0.2) is 12.1 Å². The van der Waals surface area contributed by atoms with Crippen LogP contribution in [0.1, 0.15) is 45.8 Å². The topological polar surface area (TPSA) is 92.3 Å². The largest absolute Gasteiger partial charge is 0.438 e. The highest BCUT2D eigenvalue weighted by Gasteiger charge is 2.39. The number of rotatable bonds is 3. The van der Waals surface area contributed by atoms with Gasteiger partial charge >= 0.3 is 0 Å². The Morgan fingerprint density at radius 3 is 3.00 bits per heavy atom. The van der Waals surface area contributed by atoms with E-state index in [0.717, 1.165) is 12.1 Å². The summed E-state index contributed by atoms with van der Waals surface area (Å²) in [7, 11) is 0. The standard InChI is InChI=1S/C18H13F3N6O2/c19-9-2-1-4-27-12(9)6-11(25-27)15-13-10(22-7-23-13)3-5-26(15)18(28)16-14(17(20)21)24-8-29-16/h1-2,4,6-8,15,17H,3,5H2,(H,22,23)/t15-/m1/s1. The number of hydrogen-bond acceptors (Lipinski definition) is 5. The number of imidazole rings is 1. The summed E-state index contributed by atoms with van der Waals surface area (Å²) >= 11 is 0. The molecular formula is C18H13F3N6O2. The van der Waals surface area contributed by atoms with Crippen molar-refractivity contribution < 1.29 is 22.4 Å². The van der Waals surface area contributed by atoms with Gasteiger partial charge in [-0.15, -0.1) is 0 Å². The van der Waals surface area contributed by atoms with Crippen molar-refractivity contribution in [3.63, 3.8) is 0 Å². The van der Waals surface area contributed by atoms with Crippen molar-refractivity contribution in [3.05, 3.63) is 71.5 Å². The predicted octanol–water partition coefficient (Wildman–Crippen LogP) is 2.91. The first-order valence-electron chi connectivity index (χ1n) is 8.73. The Hall–Kier alpha value is -3.63. The number of amides is 1. The fraction of sp³-hybridized carbons (Fsp3) is 0.222. The lowest BCUT2D eigenvalue weighted by molar-refractivity contribution is 0.0639. The van der Waals surface area contributed by atoms with Crippen molar-refractivity contribution in [1.29, 1.82) is 0 Å². The van der Waals surface area contributed by atoms with E-state index in [4.69, 9.17) is 4.42 Å². The lowest BCUT2D eigenvalue weighted by atomic mass is 9.99. The smallest absolute Gasteiger partial charge is 0.292 e. The summed E-state index contributed by atoms with van der Waals surface area (Å²) in [5.74, 6) is -1.76. The average molecular weight is 402 g/mol. The van der Waals surface area contributed by atoms with Crippen LogP contribution < -0.4 is 0 Å². The third-order valence-electron chi connectivity index (χ3n) is 4.93. The van der Waals surface area contributed by atoms with Gasteiger partial charge in [-0.25, -0.2) is 27.7 Å². The highest BCUT2D eigenvalue weighted by atomic mass is 19.3. The number of halogens is 3. The molecule has 5 heterocycles. The minimum atomic E-state index is -2.96. The molecule has 0 aliphatic carbocycles. The molecule has 1 aliphatic rings. The number of nitrogens with zero attached hydrogens (tertiary/aromatic N) is 5. The van der Waals surface area contributed by atoms with Crippen molar-refractivity contribution in [2.75, 3.05) is 6.54 Å². The third kappa shape index (κ3) is 2.69. The first-order chi connectivity index (χ1) is 14.0. The fourth-order valence-electron chi connectivity index (χ4n) is 3.63. The second-order valence-electron chi connectivity index (χ2n) is 6.54. The molecular weight excluding hydrogens is 389 g/mol. The second kappa shape index (κ2) is 6.47. The normalized spacial score (nSPS) is 16.6. The molecule has 4 aromatic heterocycles. The van der Waals surface area contributed by atoms with Gasteiger partial charge in [-0.1, -0.05) is 0 Å². The molecule has 0 radical (unpaired) electrons. The molecule has 4 aromatic rings. The number of carbonyl (C=O) groups excluding carboxylic acids is 1. The summed E-state index contributed by atoms with van der Waals surface area (Å²) in [6.45, 7) is 0.207. The molecule has 1 amide bonds.